The van der Waals surface area contributed by atoms with Crippen molar-refractivity contribution in [1.29, 1.82) is 0 Å². The standard InChI is InChI=1S/C16H13ClN2O7/c17-3-7-1-6(2-8-4-25-5-26-12(7)8)9-10(15(21)22)13(18)19-14(20)11(9)16(23)24/h1-2H,3-5H2,(H,21,22)(H,23,24)(H3,18,19,20). The summed E-state index contributed by atoms with van der Waals surface area (Å²) in [4.78, 5) is 37.5. The van der Waals surface area contributed by atoms with E-state index in [4.69, 9.17) is 26.8 Å². The summed E-state index contributed by atoms with van der Waals surface area (Å²) in [6, 6.07) is 2.97. The fourth-order valence-corrected chi connectivity index (χ4v) is 3.08. The van der Waals surface area contributed by atoms with E-state index in [-0.39, 0.29) is 30.4 Å². The number of pyridine rings is 1. The lowest BCUT2D eigenvalue weighted by Crippen LogP contribution is -2.24. The number of aromatic nitrogens is 1. The molecule has 0 aliphatic carbocycles. The van der Waals surface area contributed by atoms with Gasteiger partial charge in [-0.3, -0.25) is 4.79 Å². The van der Waals surface area contributed by atoms with Crippen LogP contribution in [0.1, 0.15) is 31.8 Å². The third kappa shape index (κ3) is 2.87. The Hall–Kier alpha value is -3.04. The number of anilines is 1. The molecule has 136 valence electrons. The minimum atomic E-state index is -1.58. The molecule has 0 unspecified atom stereocenters. The van der Waals surface area contributed by atoms with Crippen molar-refractivity contribution in [3.8, 4) is 16.9 Å². The lowest BCUT2D eigenvalue weighted by molar-refractivity contribution is -0.0168. The quantitative estimate of drug-likeness (QED) is 0.584. The van der Waals surface area contributed by atoms with Gasteiger partial charge in [0.2, 0.25) is 0 Å². The minimum absolute atomic E-state index is 0.0274. The number of benzene rings is 1. The summed E-state index contributed by atoms with van der Waals surface area (Å²) in [7, 11) is 0. The van der Waals surface area contributed by atoms with Gasteiger partial charge in [-0.2, -0.15) is 0 Å². The number of aromatic amines is 1. The first-order valence-electron chi connectivity index (χ1n) is 7.30. The zero-order valence-corrected chi connectivity index (χ0v) is 13.9. The van der Waals surface area contributed by atoms with E-state index in [1.54, 1.807) is 0 Å². The van der Waals surface area contributed by atoms with E-state index >= 15 is 0 Å². The summed E-state index contributed by atoms with van der Waals surface area (Å²) in [5, 5.41) is 18.9. The van der Waals surface area contributed by atoms with E-state index in [0.717, 1.165) is 0 Å². The highest BCUT2D eigenvalue weighted by Gasteiger charge is 2.28. The molecule has 9 nitrogen and oxygen atoms in total. The van der Waals surface area contributed by atoms with Crippen LogP contribution in [0, 0.1) is 0 Å². The first-order valence-corrected chi connectivity index (χ1v) is 7.83. The molecule has 1 aliphatic heterocycles. The SMILES string of the molecule is Nc1[nH]c(=O)c(C(=O)O)c(-c2cc(CCl)c3c(c2)COCO3)c1C(=O)O. The van der Waals surface area contributed by atoms with Gasteiger partial charge in [0.25, 0.3) is 5.56 Å². The summed E-state index contributed by atoms with van der Waals surface area (Å²) >= 11 is 5.94. The number of carboxylic acids is 2. The fourth-order valence-electron chi connectivity index (χ4n) is 2.88. The first-order chi connectivity index (χ1) is 12.3. The highest BCUT2D eigenvalue weighted by atomic mass is 35.5. The number of nitrogens with one attached hydrogen (secondary N) is 1. The zero-order chi connectivity index (χ0) is 19.0. The molecule has 0 fully saturated rings. The summed E-state index contributed by atoms with van der Waals surface area (Å²) < 4.78 is 10.6. The van der Waals surface area contributed by atoms with Gasteiger partial charge in [0, 0.05) is 16.7 Å². The summed E-state index contributed by atoms with van der Waals surface area (Å²) in [6.45, 7) is 0.200. The van der Waals surface area contributed by atoms with Gasteiger partial charge >= 0.3 is 11.9 Å². The number of hydrogen-bond donors (Lipinski definition) is 4. The molecular weight excluding hydrogens is 368 g/mol. The smallest absolute Gasteiger partial charge is 0.342 e. The zero-order valence-electron chi connectivity index (χ0n) is 13.2. The van der Waals surface area contributed by atoms with E-state index in [2.05, 4.69) is 4.98 Å². The Morgan fingerprint density at radius 1 is 1.23 bits per heavy atom. The van der Waals surface area contributed by atoms with E-state index in [9.17, 15) is 24.6 Å². The van der Waals surface area contributed by atoms with Crippen LogP contribution in [-0.2, 0) is 17.2 Å². The average Bonchev–Trinajstić information content (AvgIpc) is 2.59. The molecule has 0 radical (unpaired) electrons. The van der Waals surface area contributed by atoms with Gasteiger partial charge in [0.05, 0.1) is 12.5 Å². The Balaban J connectivity index is 2.41. The van der Waals surface area contributed by atoms with E-state index in [1.165, 1.54) is 12.1 Å². The normalized spacial score (nSPS) is 13.0. The molecule has 2 aromatic rings. The Labute approximate surface area is 150 Å². The van der Waals surface area contributed by atoms with Gasteiger partial charge in [0.15, 0.2) is 6.79 Å². The van der Waals surface area contributed by atoms with Crippen LogP contribution in [-0.4, -0.2) is 33.9 Å². The van der Waals surface area contributed by atoms with Gasteiger partial charge < -0.3 is 30.4 Å². The summed E-state index contributed by atoms with van der Waals surface area (Å²) in [6.07, 6.45) is 0. The molecule has 5 N–H and O–H groups in total. The number of carbonyl (C=O) groups is 2. The highest BCUT2D eigenvalue weighted by molar-refractivity contribution is 6.17. The molecule has 1 aliphatic rings. The van der Waals surface area contributed by atoms with Gasteiger partial charge in [-0.05, 0) is 17.7 Å². The second kappa shape index (κ2) is 6.70. The van der Waals surface area contributed by atoms with Crippen molar-refractivity contribution in [2.45, 2.75) is 12.5 Å². The maximum Gasteiger partial charge on any atom is 0.342 e. The van der Waals surface area contributed by atoms with Crippen LogP contribution in [0.15, 0.2) is 16.9 Å². The lowest BCUT2D eigenvalue weighted by Gasteiger charge is -2.22. The Kier molecular flexibility index (Phi) is 4.58. The number of aromatic carboxylic acids is 2. The third-order valence-electron chi connectivity index (χ3n) is 3.89. The number of nitrogen functional groups attached to an aromatic ring is 1. The third-order valence-corrected chi connectivity index (χ3v) is 4.18. The number of carboxylic acid groups (broad SMARTS) is 2. The maximum atomic E-state index is 12.1. The number of rotatable bonds is 4. The molecule has 1 aromatic carbocycles. The second-order valence-corrected chi connectivity index (χ2v) is 5.74. The number of H-pyrrole nitrogens is 1. The van der Waals surface area contributed by atoms with E-state index in [0.29, 0.717) is 16.9 Å². The van der Waals surface area contributed by atoms with Crippen molar-refractivity contribution < 1.29 is 29.3 Å². The number of ether oxygens (including phenoxy) is 2. The van der Waals surface area contributed by atoms with Crippen LogP contribution >= 0.6 is 11.6 Å². The number of halogens is 1. The molecule has 10 heteroatoms. The molecular formula is C16H13ClN2O7. The predicted molar refractivity (Wildman–Crippen MR) is 90.7 cm³/mol. The number of fused-ring (bicyclic) bond motifs is 1. The summed E-state index contributed by atoms with van der Waals surface area (Å²) in [5.74, 6) is -2.99. The highest BCUT2D eigenvalue weighted by Crippen LogP contribution is 2.37. The van der Waals surface area contributed by atoms with Crippen molar-refractivity contribution >= 4 is 29.4 Å². The first kappa shape index (κ1) is 17.8. The van der Waals surface area contributed by atoms with Crippen LogP contribution in [0.2, 0.25) is 0 Å². The van der Waals surface area contributed by atoms with Crippen molar-refractivity contribution in [3.05, 3.63) is 44.7 Å². The largest absolute Gasteiger partial charge is 0.478 e. The number of alkyl halides is 1. The van der Waals surface area contributed by atoms with Crippen LogP contribution in [0.3, 0.4) is 0 Å². The molecule has 0 spiro atoms. The second-order valence-electron chi connectivity index (χ2n) is 5.47. The Morgan fingerprint density at radius 2 is 1.92 bits per heavy atom. The lowest BCUT2D eigenvalue weighted by atomic mass is 9.92. The van der Waals surface area contributed by atoms with Crippen LogP contribution in [0.25, 0.3) is 11.1 Å². The number of hydrogen-bond acceptors (Lipinski definition) is 6. The van der Waals surface area contributed by atoms with Crippen LogP contribution in [0.5, 0.6) is 5.75 Å². The van der Waals surface area contributed by atoms with Crippen LogP contribution in [0.4, 0.5) is 5.82 Å². The van der Waals surface area contributed by atoms with Crippen molar-refractivity contribution in [3.63, 3.8) is 0 Å². The van der Waals surface area contributed by atoms with Gasteiger partial charge in [-0.15, -0.1) is 11.6 Å². The predicted octanol–water partition coefficient (Wildman–Crippen LogP) is 1.63. The molecule has 0 saturated heterocycles. The maximum absolute atomic E-state index is 12.1. The molecule has 26 heavy (non-hydrogen) atoms. The van der Waals surface area contributed by atoms with Crippen molar-refractivity contribution in [2.24, 2.45) is 0 Å². The number of nitrogens with two attached hydrogens (primary N) is 1. The van der Waals surface area contributed by atoms with Gasteiger partial charge in [-0.25, -0.2) is 9.59 Å². The fraction of sp³-hybridized carbons (Fsp3) is 0.188. The molecule has 2 heterocycles. The van der Waals surface area contributed by atoms with E-state index in [1.807, 2.05) is 0 Å². The Morgan fingerprint density at radius 3 is 2.54 bits per heavy atom. The van der Waals surface area contributed by atoms with E-state index < -0.39 is 34.4 Å². The van der Waals surface area contributed by atoms with Crippen molar-refractivity contribution in [2.75, 3.05) is 12.5 Å². The molecule has 0 atom stereocenters. The van der Waals surface area contributed by atoms with Crippen LogP contribution < -0.4 is 16.0 Å². The molecule has 0 bridgehead atoms. The molecule has 0 amide bonds. The van der Waals surface area contributed by atoms with Gasteiger partial charge in [0.1, 0.15) is 22.7 Å². The van der Waals surface area contributed by atoms with Crippen molar-refractivity contribution in [1.82, 2.24) is 4.98 Å². The monoisotopic (exact) mass is 380 g/mol. The Bertz CT molecular complexity index is 966. The molecule has 1 aromatic heterocycles. The van der Waals surface area contributed by atoms with Gasteiger partial charge in [-0.1, -0.05) is 0 Å². The minimum Gasteiger partial charge on any atom is -0.478 e. The topological polar surface area (TPSA) is 152 Å². The average molecular weight is 381 g/mol. The summed E-state index contributed by atoms with van der Waals surface area (Å²) in [5.41, 5.74) is 4.31. The molecule has 0 saturated carbocycles. The molecule has 3 rings (SSSR count).